The van der Waals surface area contributed by atoms with E-state index < -0.39 is 11.8 Å². The molecule has 6 nitrogen and oxygen atoms in total. The van der Waals surface area contributed by atoms with Crippen LogP contribution < -0.4 is 5.32 Å². The van der Waals surface area contributed by atoms with Crippen molar-refractivity contribution in [2.24, 2.45) is 0 Å². The van der Waals surface area contributed by atoms with Gasteiger partial charge in [0, 0.05) is 37.1 Å². The number of nitrogens with one attached hydrogen (secondary N) is 1. The second-order valence-electron chi connectivity index (χ2n) is 4.95. The zero-order valence-corrected chi connectivity index (χ0v) is 12.9. The van der Waals surface area contributed by atoms with Crippen LogP contribution in [0.4, 0.5) is 5.69 Å². The molecular weight excluding hydrogens is 298 g/mol. The maximum atomic E-state index is 11.8. The number of hydrogen-bond acceptors (Lipinski definition) is 6. The summed E-state index contributed by atoms with van der Waals surface area (Å²) in [5, 5.41) is 2.85. The monoisotopic (exact) mass is 315 g/mol. The minimum absolute atomic E-state index is 0.0107. The maximum absolute atomic E-state index is 11.8. The summed E-state index contributed by atoms with van der Waals surface area (Å²) >= 11 is 0. The summed E-state index contributed by atoms with van der Waals surface area (Å²) in [7, 11) is 1.54. The number of ketones is 2. The molecule has 0 fully saturated rings. The first-order valence-corrected chi connectivity index (χ1v) is 7.05. The van der Waals surface area contributed by atoms with Crippen LogP contribution in [0.15, 0.2) is 47.9 Å². The Hall–Kier alpha value is -2.73. The third-order valence-electron chi connectivity index (χ3n) is 3.20. The summed E-state index contributed by atoms with van der Waals surface area (Å²) in [4.78, 5) is 35.2. The quantitative estimate of drug-likeness (QED) is 0.375. The average molecular weight is 315 g/mol. The molecule has 0 bridgehead atoms. The smallest absolute Gasteiger partial charge is 0.348 e. The molecule has 0 radical (unpaired) electrons. The highest BCUT2D eigenvalue weighted by Crippen LogP contribution is 2.16. The molecule has 0 aromatic heterocycles. The number of rotatable bonds is 6. The highest BCUT2D eigenvalue weighted by Gasteiger charge is 2.23. The van der Waals surface area contributed by atoms with E-state index in [-0.39, 0.29) is 17.1 Å². The molecule has 1 aromatic rings. The molecule has 1 aromatic carbocycles. The second-order valence-corrected chi connectivity index (χ2v) is 4.95. The molecule has 0 spiro atoms. The molecule has 1 heterocycles. The van der Waals surface area contributed by atoms with Crippen molar-refractivity contribution in [2.75, 3.05) is 19.0 Å². The molecule has 0 amide bonds. The van der Waals surface area contributed by atoms with Gasteiger partial charge in [-0.2, -0.15) is 0 Å². The van der Waals surface area contributed by atoms with Crippen molar-refractivity contribution in [3.8, 4) is 0 Å². The molecule has 23 heavy (non-hydrogen) atoms. The van der Waals surface area contributed by atoms with Crippen LogP contribution in [0.1, 0.15) is 23.7 Å². The van der Waals surface area contributed by atoms with Crippen LogP contribution in [-0.4, -0.2) is 31.3 Å². The van der Waals surface area contributed by atoms with Gasteiger partial charge in [0.2, 0.25) is 0 Å². The molecule has 1 N–H and O–H groups in total. The van der Waals surface area contributed by atoms with Gasteiger partial charge in [0.05, 0.1) is 6.61 Å². The normalized spacial score (nSPS) is 16.1. The summed E-state index contributed by atoms with van der Waals surface area (Å²) in [6.45, 7) is 1.92. The van der Waals surface area contributed by atoms with Crippen LogP contribution in [-0.2, 0) is 19.1 Å². The van der Waals surface area contributed by atoms with Crippen LogP contribution in [0, 0.1) is 0 Å². The Morgan fingerprint density at radius 2 is 1.96 bits per heavy atom. The zero-order valence-electron chi connectivity index (χ0n) is 12.9. The van der Waals surface area contributed by atoms with E-state index in [9.17, 15) is 14.4 Å². The molecule has 0 saturated heterocycles. The fourth-order valence-electron chi connectivity index (χ4n) is 1.97. The van der Waals surface area contributed by atoms with Crippen molar-refractivity contribution in [1.82, 2.24) is 0 Å². The van der Waals surface area contributed by atoms with E-state index in [4.69, 9.17) is 9.47 Å². The third kappa shape index (κ3) is 4.37. The molecule has 1 aliphatic heterocycles. The van der Waals surface area contributed by atoms with Crippen molar-refractivity contribution in [3.05, 3.63) is 53.4 Å². The lowest BCUT2D eigenvalue weighted by molar-refractivity contribution is -0.137. The highest BCUT2D eigenvalue weighted by molar-refractivity contribution is 6.23. The van der Waals surface area contributed by atoms with E-state index >= 15 is 0 Å². The number of Topliss-reactive ketones (excluding diaryl/α,β-unsaturated/α-hetero) is 1. The van der Waals surface area contributed by atoms with Gasteiger partial charge in [-0.15, -0.1) is 0 Å². The number of allylic oxidation sites excluding steroid dienone is 2. The van der Waals surface area contributed by atoms with Crippen LogP contribution in [0.3, 0.4) is 0 Å². The van der Waals surface area contributed by atoms with Gasteiger partial charge >= 0.3 is 5.97 Å². The van der Waals surface area contributed by atoms with Crippen molar-refractivity contribution >= 4 is 23.2 Å². The molecule has 0 atom stereocenters. The van der Waals surface area contributed by atoms with Crippen LogP contribution in [0.2, 0.25) is 0 Å². The first-order valence-electron chi connectivity index (χ1n) is 7.05. The Morgan fingerprint density at radius 1 is 1.26 bits per heavy atom. The fraction of sp³-hybridized carbons (Fsp3) is 0.235. The summed E-state index contributed by atoms with van der Waals surface area (Å²) in [6, 6.07) is 6.72. The summed E-state index contributed by atoms with van der Waals surface area (Å²) in [5.41, 5.74) is 1.15. The summed E-state index contributed by atoms with van der Waals surface area (Å²) in [6.07, 6.45) is 2.88. The summed E-state index contributed by atoms with van der Waals surface area (Å²) in [5.74, 6) is -0.828. The van der Waals surface area contributed by atoms with E-state index in [2.05, 4.69) is 5.32 Å². The van der Waals surface area contributed by atoms with Gasteiger partial charge < -0.3 is 14.8 Å². The Balaban J connectivity index is 2.04. The van der Waals surface area contributed by atoms with Crippen molar-refractivity contribution in [3.63, 3.8) is 0 Å². The van der Waals surface area contributed by atoms with Gasteiger partial charge in [-0.1, -0.05) is 0 Å². The zero-order chi connectivity index (χ0) is 16.8. The van der Waals surface area contributed by atoms with Gasteiger partial charge in [0.25, 0.3) is 0 Å². The number of anilines is 1. The SMILES string of the molecule is COCCC(=O)c1ccc(NC=C2C(=O)C=C(C)OC2=O)cc1. The molecule has 6 heteroatoms. The number of cyclic esters (lactones) is 1. The average Bonchev–Trinajstić information content (AvgIpc) is 2.52. The molecule has 0 aliphatic carbocycles. The van der Waals surface area contributed by atoms with E-state index in [1.165, 1.54) is 12.3 Å². The number of carbonyl (C=O) groups excluding carboxylic acids is 3. The standard InChI is InChI=1S/C17H17NO5/c1-11-9-16(20)14(17(21)23-11)10-18-13-5-3-12(4-6-13)15(19)7-8-22-2/h3-6,9-10,18H,7-8H2,1-2H3. The van der Waals surface area contributed by atoms with Crippen molar-refractivity contribution < 1.29 is 23.9 Å². The first-order chi connectivity index (χ1) is 11.0. The van der Waals surface area contributed by atoms with Gasteiger partial charge in [-0.05, 0) is 31.2 Å². The topological polar surface area (TPSA) is 81.7 Å². The Labute approximate surface area is 133 Å². The highest BCUT2D eigenvalue weighted by atomic mass is 16.5. The van der Waals surface area contributed by atoms with Crippen molar-refractivity contribution in [2.45, 2.75) is 13.3 Å². The lowest BCUT2D eigenvalue weighted by atomic mass is 10.1. The molecule has 1 aliphatic rings. The Bertz CT molecular complexity index is 685. The number of hydrogen-bond donors (Lipinski definition) is 1. The van der Waals surface area contributed by atoms with E-state index in [0.717, 1.165) is 0 Å². The largest absolute Gasteiger partial charge is 0.427 e. The minimum atomic E-state index is -0.686. The van der Waals surface area contributed by atoms with Crippen molar-refractivity contribution in [1.29, 1.82) is 0 Å². The number of methoxy groups -OCH3 is 1. The number of benzene rings is 1. The van der Waals surface area contributed by atoms with E-state index in [0.29, 0.717) is 24.3 Å². The van der Waals surface area contributed by atoms with Gasteiger partial charge in [0.15, 0.2) is 11.6 Å². The lowest BCUT2D eigenvalue weighted by Gasteiger charge is -2.12. The minimum Gasteiger partial charge on any atom is -0.427 e. The maximum Gasteiger partial charge on any atom is 0.348 e. The predicted molar refractivity (Wildman–Crippen MR) is 83.8 cm³/mol. The molecule has 0 saturated carbocycles. The van der Waals surface area contributed by atoms with Crippen LogP contribution >= 0.6 is 0 Å². The van der Waals surface area contributed by atoms with Crippen LogP contribution in [0.5, 0.6) is 0 Å². The van der Waals surface area contributed by atoms with Crippen LogP contribution in [0.25, 0.3) is 0 Å². The van der Waals surface area contributed by atoms with Gasteiger partial charge in [-0.3, -0.25) is 9.59 Å². The third-order valence-corrected chi connectivity index (χ3v) is 3.20. The Morgan fingerprint density at radius 3 is 2.57 bits per heavy atom. The lowest BCUT2D eigenvalue weighted by Crippen LogP contribution is -2.20. The van der Waals surface area contributed by atoms with E-state index in [1.54, 1.807) is 38.3 Å². The Kier molecular flexibility index (Phi) is 5.43. The summed E-state index contributed by atoms with van der Waals surface area (Å²) < 4.78 is 9.75. The predicted octanol–water partition coefficient (Wildman–Crippen LogP) is 2.23. The second kappa shape index (κ2) is 7.51. The molecule has 0 unspecified atom stereocenters. The molecule has 120 valence electrons. The first kappa shape index (κ1) is 16.6. The molecular formula is C17H17NO5. The fourth-order valence-corrected chi connectivity index (χ4v) is 1.97. The van der Waals surface area contributed by atoms with Gasteiger partial charge in [-0.25, -0.2) is 4.79 Å². The number of esters is 1. The number of carbonyl (C=O) groups is 3. The number of ether oxygens (including phenoxy) is 2. The molecule has 2 rings (SSSR count). The van der Waals surface area contributed by atoms with Gasteiger partial charge in [0.1, 0.15) is 11.3 Å². The van der Waals surface area contributed by atoms with E-state index in [1.807, 2.05) is 0 Å².